The first kappa shape index (κ1) is 16.3. The number of carbonyl (C=O) groups is 2. The minimum absolute atomic E-state index is 0.0138. The number of primary amides is 1. The summed E-state index contributed by atoms with van der Waals surface area (Å²) < 4.78 is 1.17. The van der Waals surface area contributed by atoms with E-state index in [1.807, 2.05) is 0 Å². The van der Waals surface area contributed by atoms with Crippen molar-refractivity contribution < 1.29 is 9.59 Å². The standard InChI is InChI=1S/C12H24N2O2S/c1-3-4-5-6-7-8-9-10-11(15)17-14(2)12(13)16/h3-10H2,1-2H3,(H2,13,16). The van der Waals surface area contributed by atoms with Crippen LogP contribution in [0.2, 0.25) is 0 Å². The summed E-state index contributed by atoms with van der Waals surface area (Å²) in [5.41, 5.74) is 5.02. The van der Waals surface area contributed by atoms with Crippen molar-refractivity contribution >= 4 is 23.1 Å². The molecule has 0 saturated heterocycles. The number of urea groups is 1. The van der Waals surface area contributed by atoms with Gasteiger partial charge in [0.15, 0.2) is 0 Å². The highest BCUT2D eigenvalue weighted by molar-refractivity contribution is 8.12. The molecular weight excluding hydrogens is 236 g/mol. The van der Waals surface area contributed by atoms with E-state index in [4.69, 9.17) is 5.73 Å². The van der Waals surface area contributed by atoms with Crippen molar-refractivity contribution in [2.75, 3.05) is 7.05 Å². The van der Waals surface area contributed by atoms with Crippen LogP contribution in [0.4, 0.5) is 4.79 Å². The van der Waals surface area contributed by atoms with Crippen LogP contribution in [-0.2, 0) is 4.79 Å². The molecule has 2 N–H and O–H groups in total. The smallest absolute Gasteiger partial charge is 0.324 e. The van der Waals surface area contributed by atoms with E-state index < -0.39 is 6.03 Å². The van der Waals surface area contributed by atoms with E-state index in [1.54, 1.807) is 0 Å². The van der Waals surface area contributed by atoms with Crippen molar-refractivity contribution in [1.29, 1.82) is 0 Å². The molecule has 0 aliphatic carbocycles. The van der Waals surface area contributed by atoms with Crippen molar-refractivity contribution in [3.8, 4) is 0 Å². The zero-order chi connectivity index (χ0) is 13.1. The number of carbonyl (C=O) groups excluding carboxylic acids is 2. The van der Waals surface area contributed by atoms with Crippen molar-refractivity contribution in [1.82, 2.24) is 4.31 Å². The Morgan fingerprint density at radius 1 is 1.06 bits per heavy atom. The molecule has 17 heavy (non-hydrogen) atoms. The molecule has 100 valence electrons. The van der Waals surface area contributed by atoms with Gasteiger partial charge in [0.2, 0.25) is 5.12 Å². The molecule has 0 rings (SSSR count). The van der Waals surface area contributed by atoms with Gasteiger partial charge in [-0.05, 0) is 6.42 Å². The first-order valence-electron chi connectivity index (χ1n) is 6.32. The topological polar surface area (TPSA) is 63.4 Å². The van der Waals surface area contributed by atoms with Crippen LogP contribution in [0.1, 0.15) is 58.3 Å². The molecule has 0 aliphatic heterocycles. The van der Waals surface area contributed by atoms with Gasteiger partial charge in [0.05, 0.1) is 0 Å². The van der Waals surface area contributed by atoms with Crippen LogP contribution in [0.25, 0.3) is 0 Å². The molecule has 0 fully saturated rings. The molecule has 0 saturated carbocycles. The second-order valence-electron chi connectivity index (χ2n) is 4.17. The van der Waals surface area contributed by atoms with Crippen LogP contribution in [-0.4, -0.2) is 22.5 Å². The minimum atomic E-state index is -0.581. The summed E-state index contributed by atoms with van der Waals surface area (Å²) in [5.74, 6) is 0. The van der Waals surface area contributed by atoms with Crippen molar-refractivity contribution in [2.45, 2.75) is 58.3 Å². The maximum Gasteiger partial charge on any atom is 0.324 e. The molecule has 0 spiro atoms. The number of nitrogens with zero attached hydrogens (tertiary/aromatic N) is 1. The molecule has 2 amide bonds. The average Bonchev–Trinajstić information content (AvgIpc) is 2.27. The van der Waals surface area contributed by atoms with Gasteiger partial charge < -0.3 is 5.73 Å². The minimum Gasteiger partial charge on any atom is -0.351 e. The van der Waals surface area contributed by atoms with E-state index in [0.717, 1.165) is 24.8 Å². The van der Waals surface area contributed by atoms with Gasteiger partial charge in [-0.15, -0.1) is 0 Å². The predicted octanol–water partition coefficient (Wildman–Crippen LogP) is 3.31. The van der Waals surface area contributed by atoms with Crippen LogP contribution in [0.15, 0.2) is 0 Å². The van der Waals surface area contributed by atoms with Crippen LogP contribution in [0.5, 0.6) is 0 Å². The highest BCUT2D eigenvalue weighted by Gasteiger charge is 2.10. The zero-order valence-electron chi connectivity index (χ0n) is 10.9. The Kier molecular flexibility index (Phi) is 10.0. The van der Waals surface area contributed by atoms with Crippen LogP contribution in [0, 0.1) is 0 Å². The number of unbranched alkanes of at least 4 members (excludes halogenated alkanes) is 6. The van der Waals surface area contributed by atoms with Crippen LogP contribution in [0.3, 0.4) is 0 Å². The lowest BCUT2D eigenvalue weighted by atomic mass is 10.1. The summed E-state index contributed by atoms with van der Waals surface area (Å²) in [6, 6.07) is -0.581. The maximum atomic E-state index is 11.4. The number of rotatable bonds is 8. The van der Waals surface area contributed by atoms with Gasteiger partial charge in [-0.2, -0.15) is 0 Å². The molecule has 0 unspecified atom stereocenters. The Morgan fingerprint density at radius 3 is 2.12 bits per heavy atom. The van der Waals surface area contributed by atoms with E-state index in [0.29, 0.717) is 6.42 Å². The fourth-order valence-electron chi connectivity index (χ4n) is 1.47. The van der Waals surface area contributed by atoms with E-state index in [1.165, 1.54) is 43.5 Å². The van der Waals surface area contributed by atoms with E-state index >= 15 is 0 Å². The first-order valence-corrected chi connectivity index (χ1v) is 7.09. The van der Waals surface area contributed by atoms with Crippen LogP contribution < -0.4 is 5.73 Å². The van der Waals surface area contributed by atoms with Gasteiger partial charge in [0.1, 0.15) is 0 Å². The Labute approximate surface area is 108 Å². The first-order chi connectivity index (χ1) is 8.07. The molecule has 0 bridgehead atoms. The predicted molar refractivity (Wildman–Crippen MR) is 72.6 cm³/mol. The Morgan fingerprint density at radius 2 is 1.59 bits per heavy atom. The Bertz CT molecular complexity index is 235. The number of hydrogen-bond acceptors (Lipinski definition) is 3. The monoisotopic (exact) mass is 260 g/mol. The third-order valence-electron chi connectivity index (χ3n) is 2.53. The summed E-state index contributed by atoms with van der Waals surface area (Å²) in [4.78, 5) is 22.1. The summed E-state index contributed by atoms with van der Waals surface area (Å²) >= 11 is 0.899. The number of amides is 2. The largest absolute Gasteiger partial charge is 0.351 e. The number of nitrogens with two attached hydrogens (primary N) is 1. The highest BCUT2D eigenvalue weighted by atomic mass is 32.2. The molecule has 0 aromatic heterocycles. The third kappa shape index (κ3) is 10.2. The summed E-state index contributed by atoms with van der Waals surface area (Å²) in [6.07, 6.45) is 8.84. The molecule has 4 nitrogen and oxygen atoms in total. The average molecular weight is 260 g/mol. The molecule has 5 heteroatoms. The Hall–Kier alpha value is -0.710. The summed E-state index contributed by atoms with van der Waals surface area (Å²) in [5, 5.41) is 0.0138. The lowest BCUT2D eigenvalue weighted by Gasteiger charge is -2.10. The fourth-order valence-corrected chi connectivity index (χ4v) is 2.10. The van der Waals surface area contributed by atoms with Gasteiger partial charge in [0, 0.05) is 25.4 Å². The second-order valence-corrected chi connectivity index (χ2v) is 5.36. The van der Waals surface area contributed by atoms with Crippen molar-refractivity contribution in [3.05, 3.63) is 0 Å². The molecule has 0 aliphatic rings. The van der Waals surface area contributed by atoms with Gasteiger partial charge in [-0.25, -0.2) is 4.79 Å². The van der Waals surface area contributed by atoms with E-state index in [2.05, 4.69) is 6.92 Å². The summed E-state index contributed by atoms with van der Waals surface area (Å²) in [7, 11) is 1.51. The fraction of sp³-hybridized carbons (Fsp3) is 0.833. The van der Waals surface area contributed by atoms with Crippen molar-refractivity contribution in [2.24, 2.45) is 5.73 Å². The molecule has 0 radical (unpaired) electrons. The van der Waals surface area contributed by atoms with Gasteiger partial charge in [0.25, 0.3) is 0 Å². The molecule has 0 aromatic carbocycles. The SMILES string of the molecule is CCCCCCCCCC(=O)SN(C)C(N)=O. The molecular formula is C12H24N2O2S. The van der Waals surface area contributed by atoms with Gasteiger partial charge in [-0.1, -0.05) is 45.4 Å². The lowest BCUT2D eigenvalue weighted by Crippen LogP contribution is -2.27. The van der Waals surface area contributed by atoms with Gasteiger partial charge in [-0.3, -0.25) is 9.10 Å². The number of hydrogen-bond donors (Lipinski definition) is 1. The van der Waals surface area contributed by atoms with E-state index in [-0.39, 0.29) is 5.12 Å². The maximum absolute atomic E-state index is 11.4. The third-order valence-corrected chi connectivity index (χ3v) is 3.40. The van der Waals surface area contributed by atoms with Gasteiger partial charge >= 0.3 is 6.03 Å². The second kappa shape index (κ2) is 10.4. The molecule has 0 heterocycles. The lowest BCUT2D eigenvalue weighted by molar-refractivity contribution is -0.111. The molecule has 0 atom stereocenters. The van der Waals surface area contributed by atoms with Crippen LogP contribution >= 0.6 is 11.9 Å². The van der Waals surface area contributed by atoms with Crippen molar-refractivity contribution in [3.63, 3.8) is 0 Å². The highest BCUT2D eigenvalue weighted by Crippen LogP contribution is 2.14. The Balaban J connectivity index is 3.36. The normalized spacial score (nSPS) is 10.2. The summed E-state index contributed by atoms with van der Waals surface area (Å²) in [6.45, 7) is 2.20. The molecule has 0 aromatic rings. The van der Waals surface area contributed by atoms with E-state index in [9.17, 15) is 9.59 Å². The zero-order valence-corrected chi connectivity index (χ0v) is 11.7. The quantitative estimate of drug-likeness (QED) is 0.538.